The summed E-state index contributed by atoms with van der Waals surface area (Å²) in [5.74, 6) is -0.704. The third-order valence-corrected chi connectivity index (χ3v) is 1.45. The van der Waals surface area contributed by atoms with E-state index in [0.717, 1.165) is 12.8 Å². The molecule has 56 valence electrons. The Kier molecular flexibility index (Phi) is 6.76. The van der Waals surface area contributed by atoms with Crippen LogP contribution in [0.2, 0.25) is 0 Å². The fraction of sp³-hybridized carbons (Fsp3) is 0.857. The molecule has 10 heavy (non-hydrogen) atoms. The van der Waals surface area contributed by atoms with Gasteiger partial charge in [-0.25, -0.2) is 0 Å². The molecule has 0 aliphatic heterocycles. The van der Waals surface area contributed by atoms with Crippen molar-refractivity contribution in [1.82, 2.24) is 0 Å². The van der Waals surface area contributed by atoms with Crippen LogP contribution in [-0.4, -0.2) is 11.1 Å². The Bertz CT molecular complexity index is 115. The summed E-state index contributed by atoms with van der Waals surface area (Å²) in [6, 6.07) is 0. The van der Waals surface area contributed by atoms with Crippen molar-refractivity contribution in [2.75, 3.05) is 0 Å². The number of carboxylic acid groups (broad SMARTS) is 1. The van der Waals surface area contributed by atoms with Crippen molar-refractivity contribution >= 4 is 5.97 Å². The summed E-state index contributed by atoms with van der Waals surface area (Å²) < 4.78 is 0. The first-order valence-electron chi connectivity index (χ1n) is 3.24. The van der Waals surface area contributed by atoms with Gasteiger partial charge in [0, 0.05) is 0 Å². The number of carbonyl (C=O) groups is 1. The summed E-state index contributed by atoms with van der Waals surface area (Å²) in [5.41, 5.74) is -0.533. The monoisotopic (exact) mass is 154 g/mol. The van der Waals surface area contributed by atoms with E-state index >= 15 is 0 Å². The van der Waals surface area contributed by atoms with Gasteiger partial charge in [-0.05, 0) is 20.3 Å². The van der Waals surface area contributed by atoms with Gasteiger partial charge in [0.1, 0.15) is 0 Å². The largest absolute Gasteiger partial charge is 1.00 e. The zero-order chi connectivity index (χ0) is 7.49. The van der Waals surface area contributed by atoms with Gasteiger partial charge in [0.15, 0.2) is 0 Å². The van der Waals surface area contributed by atoms with Crippen molar-refractivity contribution in [2.45, 2.75) is 33.6 Å². The molecule has 0 radical (unpaired) electrons. The molecule has 0 aromatic heterocycles. The van der Waals surface area contributed by atoms with E-state index in [1.165, 1.54) is 0 Å². The molecular formula is C7H15NaO2. The van der Waals surface area contributed by atoms with Crippen LogP contribution in [0.5, 0.6) is 0 Å². The third-order valence-electron chi connectivity index (χ3n) is 1.45. The normalized spacial score (nSPS) is 10.3. The summed E-state index contributed by atoms with van der Waals surface area (Å²) in [4.78, 5) is 10.4. The van der Waals surface area contributed by atoms with Crippen LogP contribution in [0.25, 0.3) is 0 Å². The van der Waals surface area contributed by atoms with Gasteiger partial charge >= 0.3 is 35.5 Å². The minimum atomic E-state index is -0.704. The van der Waals surface area contributed by atoms with E-state index in [9.17, 15) is 4.79 Å². The topological polar surface area (TPSA) is 37.3 Å². The SMILES string of the molecule is CCCC(C)(C)C(=O)O.[H-].[Na+]. The second kappa shape index (κ2) is 5.16. The molecule has 0 atom stereocenters. The van der Waals surface area contributed by atoms with Crippen LogP contribution < -0.4 is 29.6 Å². The maximum absolute atomic E-state index is 10.4. The molecule has 0 unspecified atom stereocenters. The first-order chi connectivity index (χ1) is 4.00. The Morgan fingerprint density at radius 1 is 1.60 bits per heavy atom. The van der Waals surface area contributed by atoms with E-state index in [1.54, 1.807) is 13.8 Å². The minimum absolute atomic E-state index is 0. The molecule has 0 fully saturated rings. The maximum atomic E-state index is 10.4. The minimum Gasteiger partial charge on any atom is -1.00 e. The molecule has 0 aliphatic carbocycles. The van der Waals surface area contributed by atoms with Crippen LogP contribution >= 0.6 is 0 Å². The number of hydrogen-bond donors (Lipinski definition) is 1. The summed E-state index contributed by atoms with van der Waals surface area (Å²) >= 11 is 0. The predicted octanol–water partition coefficient (Wildman–Crippen LogP) is -0.986. The van der Waals surface area contributed by atoms with Gasteiger partial charge in [-0.3, -0.25) is 4.79 Å². The van der Waals surface area contributed by atoms with Crippen molar-refractivity contribution in [2.24, 2.45) is 5.41 Å². The Labute approximate surface area is 85.8 Å². The molecule has 0 rings (SSSR count). The van der Waals surface area contributed by atoms with E-state index in [2.05, 4.69) is 0 Å². The second-order valence-corrected chi connectivity index (χ2v) is 2.94. The summed E-state index contributed by atoms with van der Waals surface area (Å²) in [7, 11) is 0. The number of hydrogen-bond acceptors (Lipinski definition) is 1. The summed E-state index contributed by atoms with van der Waals surface area (Å²) in [6.45, 7) is 5.49. The first-order valence-corrected chi connectivity index (χ1v) is 3.24. The molecule has 0 aliphatic rings. The molecule has 0 spiro atoms. The Morgan fingerprint density at radius 2 is 2.00 bits per heavy atom. The molecule has 0 aromatic rings. The molecule has 0 bridgehead atoms. The number of carboxylic acids is 1. The van der Waals surface area contributed by atoms with Crippen molar-refractivity contribution in [3.05, 3.63) is 0 Å². The smallest absolute Gasteiger partial charge is 1.00 e. The average molecular weight is 154 g/mol. The van der Waals surface area contributed by atoms with E-state index < -0.39 is 11.4 Å². The summed E-state index contributed by atoms with van der Waals surface area (Å²) in [6.07, 6.45) is 1.68. The Hall–Kier alpha value is 0.470. The zero-order valence-electron chi connectivity index (χ0n) is 8.27. The van der Waals surface area contributed by atoms with Gasteiger partial charge in [0.2, 0.25) is 0 Å². The molecule has 0 amide bonds. The predicted molar refractivity (Wildman–Crippen MR) is 37.4 cm³/mol. The molecule has 2 nitrogen and oxygen atoms in total. The number of rotatable bonds is 3. The van der Waals surface area contributed by atoms with Crippen LogP contribution in [0.15, 0.2) is 0 Å². The summed E-state index contributed by atoms with van der Waals surface area (Å²) in [5, 5.41) is 8.57. The zero-order valence-corrected chi connectivity index (χ0v) is 9.27. The second-order valence-electron chi connectivity index (χ2n) is 2.94. The van der Waals surface area contributed by atoms with Crippen molar-refractivity contribution in [1.29, 1.82) is 0 Å². The molecule has 0 saturated heterocycles. The fourth-order valence-corrected chi connectivity index (χ4v) is 0.732. The molecular weight excluding hydrogens is 139 g/mol. The van der Waals surface area contributed by atoms with Crippen LogP contribution in [0.3, 0.4) is 0 Å². The van der Waals surface area contributed by atoms with Crippen LogP contribution in [0, 0.1) is 5.41 Å². The van der Waals surface area contributed by atoms with Crippen molar-refractivity contribution in [3.8, 4) is 0 Å². The molecule has 0 heterocycles. The fourth-order valence-electron chi connectivity index (χ4n) is 0.732. The molecule has 0 saturated carbocycles. The maximum Gasteiger partial charge on any atom is 1.00 e. The number of aliphatic carboxylic acids is 1. The van der Waals surface area contributed by atoms with E-state index in [1.807, 2.05) is 6.92 Å². The van der Waals surface area contributed by atoms with Gasteiger partial charge in [0.05, 0.1) is 5.41 Å². The van der Waals surface area contributed by atoms with Crippen LogP contribution in [-0.2, 0) is 4.79 Å². The van der Waals surface area contributed by atoms with E-state index in [0.29, 0.717) is 0 Å². The van der Waals surface area contributed by atoms with Gasteiger partial charge in [-0.15, -0.1) is 0 Å². The quantitative estimate of drug-likeness (QED) is 0.530. The van der Waals surface area contributed by atoms with Crippen LogP contribution in [0.4, 0.5) is 0 Å². The van der Waals surface area contributed by atoms with Crippen molar-refractivity contribution in [3.63, 3.8) is 0 Å². The molecule has 3 heteroatoms. The third kappa shape index (κ3) is 4.31. The van der Waals surface area contributed by atoms with Gasteiger partial charge in [0.25, 0.3) is 0 Å². The van der Waals surface area contributed by atoms with Crippen LogP contribution in [0.1, 0.15) is 35.0 Å². The molecule has 1 N–H and O–H groups in total. The van der Waals surface area contributed by atoms with Gasteiger partial charge in [-0.2, -0.15) is 0 Å². The van der Waals surface area contributed by atoms with Crippen molar-refractivity contribution < 1.29 is 40.9 Å². The van der Waals surface area contributed by atoms with E-state index in [-0.39, 0.29) is 31.0 Å². The first kappa shape index (κ1) is 13.1. The average Bonchev–Trinajstić information content (AvgIpc) is 1.65. The Morgan fingerprint density at radius 3 is 2.10 bits per heavy atom. The molecule has 0 aromatic carbocycles. The van der Waals surface area contributed by atoms with E-state index in [4.69, 9.17) is 5.11 Å². The van der Waals surface area contributed by atoms with Gasteiger partial charge in [-0.1, -0.05) is 13.3 Å². The Balaban J connectivity index is -0.000000320. The standard InChI is InChI=1S/C7H14O2.Na.H/c1-4-5-7(2,3)6(8)9;;/h4-5H2,1-3H3,(H,8,9);;/q;+1;-1. The van der Waals surface area contributed by atoms with Gasteiger partial charge < -0.3 is 6.53 Å².